The van der Waals surface area contributed by atoms with Crippen LogP contribution in [0.3, 0.4) is 0 Å². The van der Waals surface area contributed by atoms with Crippen molar-refractivity contribution in [2.75, 3.05) is 0 Å². The number of hydrogen-bond donors (Lipinski definition) is 0. The van der Waals surface area contributed by atoms with Gasteiger partial charge in [-0.3, -0.25) is 0 Å². The summed E-state index contributed by atoms with van der Waals surface area (Å²) in [6, 6.07) is 0. The van der Waals surface area contributed by atoms with Gasteiger partial charge >= 0.3 is 0 Å². The second-order valence-corrected chi connectivity index (χ2v) is 2.69. The molecule has 0 nitrogen and oxygen atoms in total. The minimum atomic E-state index is 1.01. The minimum absolute atomic E-state index is 1.01. The predicted octanol–water partition coefficient (Wildman–Crippen LogP) is 2.61. The molecule has 0 aromatic carbocycles. The van der Waals surface area contributed by atoms with Crippen LogP contribution in [-0.2, 0) is 0 Å². The standard InChI is InChI=1S/C8H14/c1-3-5-8-6-7(8)4-2/h3,7-8H,1,4-6H2,2H3. The molecule has 0 bridgehead atoms. The third kappa shape index (κ3) is 1.12. The van der Waals surface area contributed by atoms with Gasteiger partial charge in [0, 0.05) is 0 Å². The molecular formula is C8H14. The maximum atomic E-state index is 3.71. The summed E-state index contributed by atoms with van der Waals surface area (Å²) in [7, 11) is 0. The van der Waals surface area contributed by atoms with E-state index in [2.05, 4.69) is 13.5 Å². The fraction of sp³-hybridized carbons (Fsp3) is 0.750. The predicted molar refractivity (Wildman–Crippen MR) is 36.7 cm³/mol. The van der Waals surface area contributed by atoms with Crippen LogP contribution in [0, 0.1) is 11.8 Å². The summed E-state index contributed by atoms with van der Waals surface area (Å²) in [6.45, 7) is 5.98. The van der Waals surface area contributed by atoms with Crippen LogP contribution in [-0.4, -0.2) is 0 Å². The first-order valence-electron chi connectivity index (χ1n) is 3.49. The van der Waals surface area contributed by atoms with Gasteiger partial charge < -0.3 is 0 Å². The van der Waals surface area contributed by atoms with E-state index >= 15 is 0 Å². The first-order valence-corrected chi connectivity index (χ1v) is 3.49. The lowest BCUT2D eigenvalue weighted by Gasteiger charge is -1.86. The summed E-state index contributed by atoms with van der Waals surface area (Å²) in [5.41, 5.74) is 0. The molecule has 1 rings (SSSR count). The first-order chi connectivity index (χ1) is 3.88. The highest BCUT2D eigenvalue weighted by atomic mass is 14.4. The van der Waals surface area contributed by atoms with E-state index in [9.17, 15) is 0 Å². The van der Waals surface area contributed by atoms with E-state index in [0.717, 1.165) is 11.8 Å². The average molecular weight is 110 g/mol. The molecule has 46 valence electrons. The van der Waals surface area contributed by atoms with E-state index in [1.807, 2.05) is 6.08 Å². The van der Waals surface area contributed by atoms with Crippen molar-refractivity contribution >= 4 is 0 Å². The zero-order valence-corrected chi connectivity index (χ0v) is 5.56. The normalized spacial score (nSPS) is 34.6. The Balaban J connectivity index is 2.07. The third-order valence-electron chi connectivity index (χ3n) is 2.06. The summed E-state index contributed by atoms with van der Waals surface area (Å²) >= 11 is 0. The van der Waals surface area contributed by atoms with Crippen LogP contribution in [0.25, 0.3) is 0 Å². The second-order valence-electron chi connectivity index (χ2n) is 2.69. The third-order valence-corrected chi connectivity index (χ3v) is 2.06. The van der Waals surface area contributed by atoms with Gasteiger partial charge in [0.15, 0.2) is 0 Å². The smallest absolute Gasteiger partial charge is 0.0322 e. The van der Waals surface area contributed by atoms with E-state index < -0.39 is 0 Å². The minimum Gasteiger partial charge on any atom is -0.103 e. The van der Waals surface area contributed by atoms with Gasteiger partial charge in [-0.1, -0.05) is 19.4 Å². The van der Waals surface area contributed by atoms with Crippen LogP contribution in [0.4, 0.5) is 0 Å². The SMILES string of the molecule is C=CCC1CC1CC. The van der Waals surface area contributed by atoms with Crippen molar-refractivity contribution in [3.63, 3.8) is 0 Å². The Hall–Kier alpha value is -0.260. The Morgan fingerprint density at radius 1 is 1.62 bits per heavy atom. The van der Waals surface area contributed by atoms with Gasteiger partial charge in [0.2, 0.25) is 0 Å². The molecule has 8 heavy (non-hydrogen) atoms. The van der Waals surface area contributed by atoms with Crippen molar-refractivity contribution < 1.29 is 0 Å². The molecule has 2 unspecified atom stereocenters. The zero-order valence-electron chi connectivity index (χ0n) is 5.56. The topological polar surface area (TPSA) is 0 Å². The fourth-order valence-electron chi connectivity index (χ4n) is 1.31. The molecule has 0 amide bonds. The Kier molecular flexibility index (Phi) is 1.72. The average Bonchev–Trinajstić information content (AvgIpc) is 2.48. The van der Waals surface area contributed by atoms with Gasteiger partial charge in [-0.05, 0) is 24.7 Å². The summed E-state index contributed by atoms with van der Waals surface area (Å²) in [6.07, 6.45) is 6.12. The van der Waals surface area contributed by atoms with E-state index in [-0.39, 0.29) is 0 Å². The van der Waals surface area contributed by atoms with Crippen molar-refractivity contribution in [1.82, 2.24) is 0 Å². The molecule has 1 aliphatic carbocycles. The van der Waals surface area contributed by atoms with Crippen LogP contribution in [0.2, 0.25) is 0 Å². The van der Waals surface area contributed by atoms with Crippen molar-refractivity contribution in [2.24, 2.45) is 11.8 Å². The molecule has 0 heteroatoms. The van der Waals surface area contributed by atoms with Crippen LogP contribution in [0.5, 0.6) is 0 Å². The highest BCUT2D eigenvalue weighted by Crippen LogP contribution is 2.43. The molecule has 1 saturated carbocycles. The maximum absolute atomic E-state index is 3.71. The van der Waals surface area contributed by atoms with E-state index in [1.165, 1.54) is 19.3 Å². The molecule has 0 radical (unpaired) electrons. The van der Waals surface area contributed by atoms with Crippen LogP contribution in [0.1, 0.15) is 26.2 Å². The molecule has 0 aliphatic heterocycles. The highest BCUT2D eigenvalue weighted by Gasteiger charge is 2.33. The van der Waals surface area contributed by atoms with Gasteiger partial charge in [0.05, 0.1) is 0 Å². The van der Waals surface area contributed by atoms with Gasteiger partial charge in [0.25, 0.3) is 0 Å². The molecule has 1 fully saturated rings. The van der Waals surface area contributed by atoms with Crippen molar-refractivity contribution in [2.45, 2.75) is 26.2 Å². The highest BCUT2D eigenvalue weighted by molar-refractivity contribution is 4.89. The maximum Gasteiger partial charge on any atom is -0.0322 e. The summed E-state index contributed by atoms with van der Waals surface area (Å²) in [5, 5.41) is 0. The molecular weight excluding hydrogens is 96.1 g/mol. The lowest BCUT2D eigenvalue weighted by molar-refractivity contribution is 0.688. The van der Waals surface area contributed by atoms with Gasteiger partial charge in [-0.15, -0.1) is 6.58 Å². The van der Waals surface area contributed by atoms with Crippen molar-refractivity contribution in [1.29, 1.82) is 0 Å². The molecule has 2 atom stereocenters. The molecule has 0 N–H and O–H groups in total. The monoisotopic (exact) mass is 110 g/mol. The second kappa shape index (κ2) is 2.34. The van der Waals surface area contributed by atoms with Gasteiger partial charge in [-0.2, -0.15) is 0 Å². The molecule has 0 saturated heterocycles. The summed E-state index contributed by atoms with van der Waals surface area (Å²) in [4.78, 5) is 0. The van der Waals surface area contributed by atoms with Gasteiger partial charge in [-0.25, -0.2) is 0 Å². The molecule has 0 heterocycles. The van der Waals surface area contributed by atoms with E-state index in [0.29, 0.717) is 0 Å². The zero-order chi connectivity index (χ0) is 5.98. The fourth-order valence-corrected chi connectivity index (χ4v) is 1.31. The molecule has 1 aliphatic rings. The van der Waals surface area contributed by atoms with Crippen LogP contribution in [0.15, 0.2) is 12.7 Å². The lowest BCUT2D eigenvalue weighted by Crippen LogP contribution is -1.75. The molecule has 0 aromatic heterocycles. The van der Waals surface area contributed by atoms with E-state index in [4.69, 9.17) is 0 Å². The Morgan fingerprint density at radius 3 is 2.75 bits per heavy atom. The van der Waals surface area contributed by atoms with Gasteiger partial charge in [0.1, 0.15) is 0 Å². The summed E-state index contributed by atoms with van der Waals surface area (Å²) in [5.74, 6) is 2.06. The largest absolute Gasteiger partial charge is 0.103 e. The first kappa shape index (κ1) is 5.87. The number of allylic oxidation sites excluding steroid dienone is 1. The summed E-state index contributed by atoms with van der Waals surface area (Å²) < 4.78 is 0. The van der Waals surface area contributed by atoms with E-state index in [1.54, 1.807) is 0 Å². The molecule has 0 spiro atoms. The Morgan fingerprint density at radius 2 is 2.38 bits per heavy atom. The van der Waals surface area contributed by atoms with Crippen molar-refractivity contribution in [3.05, 3.63) is 12.7 Å². The van der Waals surface area contributed by atoms with Crippen LogP contribution >= 0.6 is 0 Å². The quantitative estimate of drug-likeness (QED) is 0.490. The Bertz CT molecular complexity index is 84.0. The Labute approximate surface area is 51.6 Å². The number of hydrogen-bond acceptors (Lipinski definition) is 0. The lowest BCUT2D eigenvalue weighted by atomic mass is 10.2. The van der Waals surface area contributed by atoms with Crippen LogP contribution < -0.4 is 0 Å². The van der Waals surface area contributed by atoms with Crippen molar-refractivity contribution in [3.8, 4) is 0 Å². The molecule has 0 aromatic rings. The number of rotatable bonds is 3.